The van der Waals surface area contributed by atoms with Crippen molar-refractivity contribution in [2.75, 3.05) is 26.9 Å². The number of carbonyl (C=O) groups excluding carboxylic acids is 1. The van der Waals surface area contributed by atoms with Gasteiger partial charge in [0, 0.05) is 11.3 Å². The summed E-state index contributed by atoms with van der Waals surface area (Å²) in [5.41, 5.74) is 7.17. The molecule has 0 radical (unpaired) electrons. The van der Waals surface area contributed by atoms with Crippen molar-refractivity contribution in [2.45, 2.75) is 56.7 Å². The third-order valence-corrected chi connectivity index (χ3v) is 4.68. The number of methoxy groups -OCH3 is 1. The molecule has 2 fully saturated rings. The highest BCUT2D eigenvalue weighted by Gasteiger charge is 2.52. The van der Waals surface area contributed by atoms with Crippen molar-refractivity contribution in [3.05, 3.63) is 10.4 Å². The number of ether oxygens (including phenoxy) is 4. The zero-order valence-corrected chi connectivity index (χ0v) is 14.1. The molecule has 0 aromatic rings. The Labute approximate surface area is 140 Å². The molecule has 1 unspecified atom stereocenters. The predicted molar refractivity (Wildman–Crippen MR) is 83.0 cm³/mol. The van der Waals surface area contributed by atoms with Crippen molar-refractivity contribution in [1.82, 2.24) is 0 Å². The van der Waals surface area contributed by atoms with E-state index >= 15 is 0 Å². The van der Waals surface area contributed by atoms with E-state index in [2.05, 4.69) is 10.0 Å². The Morgan fingerprint density at radius 3 is 2.79 bits per heavy atom. The zero-order valence-electron chi connectivity index (χ0n) is 14.1. The fourth-order valence-electron chi connectivity index (χ4n) is 3.34. The Kier molecular flexibility index (Phi) is 6.82. The Morgan fingerprint density at radius 1 is 1.46 bits per heavy atom. The van der Waals surface area contributed by atoms with Gasteiger partial charge >= 0.3 is 5.97 Å². The molecule has 0 aromatic carbocycles. The van der Waals surface area contributed by atoms with Crippen LogP contribution in [0.1, 0.15) is 32.6 Å². The molecule has 2 heterocycles. The Bertz CT molecular complexity index is 478. The molecule has 0 spiro atoms. The van der Waals surface area contributed by atoms with Crippen LogP contribution in [-0.4, -0.2) is 62.0 Å². The van der Waals surface area contributed by atoms with E-state index in [1.54, 1.807) is 0 Å². The maximum absolute atomic E-state index is 12.5. The second kappa shape index (κ2) is 8.64. The van der Waals surface area contributed by atoms with Gasteiger partial charge in [-0.05, 0) is 30.7 Å². The van der Waals surface area contributed by atoms with Crippen LogP contribution >= 0.6 is 0 Å². The summed E-state index contributed by atoms with van der Waals surface area (Å²) in [4.78, 5) is 15.1. The molecule has 2 rings (SSSR count). The number of esters is 1. The molecular formula is C15H25N3O6. The van der Waals surface area contributed by atoms with E-state index in [0.29, 0.717) is 19.6 Å². The SMILES string of the molecule is COC(=O)[C@]1(CC2OCCO2)OC(C[C@H](O)CN=[N+]=[N-])CC[C@@H]1C. The molecule has 0 aromatic heterocycles. The van der Waals surface area contributed by atoms with E-state index in [9.17, 15) is 9.90 Å². The Hall–Kier alpha value is -1.38. The lowest BCUT2D eigenvalue weighted by Gasteiger charge is -2.44. The first-order chi connectivity index (χ1) is 11.5. The first-order valence-corrected chi connectivity index (χ1v) is 8.20. The van der Waals surface area contributed by atoms with Crippen LogP contribution in [0.5, 0.6) is 0 Å². The van der Waals surface area contributed by atoms with Gasteiger partial charge < -0.3 is 24.1 Å². The summed E-state index contributed by atoms with van der Waals surface area (Å²) < 4.78 is 22.1. The number of aliphatic hydroxyl groups is 1. The molecule has 9 heteroatoms. The van der Waals surface area contributed by atoms with Crippen molar-refractivity contribution in [2.24, 2.45) is 11.0 Å². The molecule has 4 atom stereocenters. The van der Waals surface area contributed by atoms with Gasteiger partial charge in [-0.25, -0.2) is 4.79 Å². The second-order valence-electron chi connectivity index (χ2n) is 6.28. The van der Waals surface area contributed by atoms with Crippen molar-refractivity contribution in [1.29, 1.82) is 0 Å². The highest BCUT2D eigenvalue weighted by molar-refractivity contribution is 5.80. The van der Waals surface area contributed by atoms with Gasteiger partial charge in [0.05, 0.1) is 39.1 Å². The number of nitrogens with zero attached hydrogens (tertiary/aromatic N) is 3. The highest BCUT2D eigenvalue weighted by Crippen LogP contribution is 2.40. The first kappa shape index (κ1) is 19.0. The smallest absolute Gasteiger partial charge is 0.338 e. The normalized spacial score (nSPS) is 32.1. The van der Waals surface area contributed by atoms with Crippen LogP contribution in [0.15, 0.2) is 5.11 Å². The summed E-state index contributed by atoms with van der Waals surface area (Å²) in [6.07, 6.45) is 0.360. The van der Waals surface area contributed by atoms with E-state index in [0.717, 1.165) is 6.42 Å². The number of azide groups is 1. The molecule has 0 saturated carbocycles. The maximum atomic E-state index is 12.5. The average Bonchev–Trinajstić information content (AvgIpc) is 3.08. The predicted octanol–water partition coefficient (Wildman–Crippen LogP) is 1.54. The van der Waals surface area contributed by atoms with Gasteiger partial charge in [-0.3, -0.25) is 0 Å². The van der Waals surface area contributed by atoms with Crippen LogP contribution in [0.4, 0.5) is 0 Å². The van der Waals surface area contributed by atoms with Crippen molar-refractivity contribution >= 4 is 5.97 Å². The first-order valence-electron chi connectivity index (χ1n) is 8.20. The van der Waals surface area contributed by atoms with E-state index in [1.165, 1.54) is 7.11 Å². The van der Waals surface area contributed by atoms with Gasteiger partial charge in [-0.15, -0.1) is 0 Å². The number of rotatable bonds is 7. The van der Waals surface area contributed by atoms with Gasteiger partial charge in [-0.1, -0.05) is 12.0 Å². The van der Waals surface area contributed by atoms with Crippen LogP contribution in [0.25, 0.3) is 10.4 Å². The third kappa shape index (κ3) is 4.37. The quantitative estimate of drug-likeness (QED) is 0.324. The number of hydrogen-bond acceptors (Lipinski definition) is 7. The zero-order chi connectivity index (χ0) is 17.6. The minimum atomic E-state index is -1.16. The molecule has 1 N–H and O–H groups in total. The fourth-order valence-corrected chi connectivity index (χ4v) is 3.34. The van der Waals surface area contributed by atoms with Crippen molar-refractivity contribution in [3.8, 4) is 0 Å². The molecule has 2 saturated heterocycles. The summed E-state index contributed by atoms with van der Waals surface area (Å²) in [6, 6.07) is 0. The highest BCUT2D eigenvalue weighted by atomic mass is 16.7. The van der Waals surface area contributed by atoms with E-state index in [-0.39, 0.29) is 31.4 Å². The summed E-state index contributed by atoms with van der Waals surface area (Å²) in [7, 11) is 1.33. The molecule has 0 amide bonds. The monoisotopic (exact) mass is 343 g/mol. The van der Waals surface area contributed by atoms with E-state index in [1.807, 2.05) is 6.92 Å². The number of aliphatic hydroxyl groups excluding tert-OH is 1. The Balaban J connectivity index is 2.10. The summed E-state index contributed by atoms with van der Waals surface area (Å²) in [5, 5.41) is 13.3. The molecule has 2 aliphatic rings. The molecule has 9 nitrogen and oxygen atoms in total. The number of hydrogen-bond donors (Lipinski definition) is 1. The number of carbonyl (C=O) groups is 1. The van der Waals surface area contributed by atoms with Gasteiger partial charge in [0.25, 0.3) is 0 Å². The van der Waals surface area contributed by atoms with Crippen molar-refractivity contribution < 1.29 is 28.8 Å². The molecule has 0 bridgehead atoms. The van der Waals surface area contributed by atoms with Crippen molar-refractivity contribution in [3.63, 3.8) is 0 Å². The van der Waals surface area contributed by atoms with Gasteiger partial charge in [0.2, 0.25) is 0 Å². The Morgan fingerprint density at radius 2 is 2.17 bits per heavy atom. The van der Waals surface area contributed by atoms with Crippen LogP contribution in [0.2, 0.25) is 0 Å². The molecule has 136 valence electrons. The van der Waals surface area contributed by atoms with Crippen LogP contribution in [0, 0.1) is 5.92 Å². The second-order valence-corrected chi connectivity index (χ2v) is 6.28. The minimum absolute atomic E-state index is 0.0218. The van der Waals surface area contributed by atoms with Gasteiger partial charge in [0.15, 0.2) is 11.9 Å². The van der Waals surface area contributed by atoms with E-state index in [4.69, 9.17) is 24.5 Å². The van der Waals surface area contributed by atoms with Crippen LogP contribution in [0.3, 0.4) is 0 Å². The van der Waals surface area contributed by atoms with Gasteiger partial charge in [-0.2, -0.15) is 0 Å². The largest absolute Gasteiger partial charge is 0.467 e. The lowest BCUT2D eigenvalue weighted by atomic mass is 9.78. The average molecular weight is 343 g/mol. The minimum Gasteiger partial charge on any atom is -0.467 e. The molecule has 2 aliphatic heterocycles. The molecule has 24 heavy (non-hydrogen) atoms. The van der Waals surface area contributed by atoms with E-state index < -0.39 is 24.0 Å². The molecular weight excluding hydrogens is 318 g/mol. The summed E-state index contributed by atoms with van der Waals surface area (Å²) in [6.45, 7) is 2.90. The third-order valence-electron chi connectivity index (χ3n) is 4.68. The fraction of sp³-hybridized carbons (Fsp3) is 0.933. The van der Waals surface area contributed by atoms with Crippen LogP contribution < -0.4 is 0 Å². The molecule has 0 aliphatic carbocycles. The van der Waals surface area contributed by atoms with Crippen LogP contribution in [-0.2, 0) is 23.7 Å². The topological polar surface area (TPSA) is 123 Å². The lowest BCUT2D eigenvalue weighted by Crippen LogP contribution is -2.55. The summed E-state index contributed by atoms with van der Waals surface area (Å²) in [5.74, 6) is -0.522. The standard InChI is InChI=1S/C15H25N3O6/c1-10-3-4-12(7-11(19)9-17-18-16)24-15(10,14(20)21-2)8-13-22-5-6-23-13/h10-13,19H,3-9H2,1-2H3/t10-,11-,12?,15+/m0/s1. The van der Waals surface area contributed by atoms with Gasteiger partial charge in [0.1, 0.15) is 0 Å². The lowest BCUT2D eigenvalue weighted by molar-refractivity contribution is -0.220. The maximum Gasteiger partial charge on any atom is 0.338 e. The summed E-state index contributed by atoms with van der Waals surface area (Å²) >= 11 is 0.